The molecule has 5 aromatic rings. The van der Waals surface area contributed by atoms with Gasteiger partial charge in [0.25, 0.3) is 0 Å². The summed E-state index contributed by atoms with van der Waals surface area (Å²) in [4.78, 5) is 15.1. The molecule has 1 aliphatic rings. The van der Waals surface area contributed by atoms with Gasteiger partial charge in [0.15, 0.2) is 0 Å². The maximum Gasteiger partial charge on any atom is 0.133 e. The van der Waals surface area contributed by atoms with Crippen LogP contribution in [0.25, 0.3) is 21.8 Å². The molecule has 0 amide bonds. The van der Waals surface area contributed by atoms with Crippen molar-refractivity contribution in [2.75, 3.05) is 11.9 Å². The van der Waals surface area contributed by atoms with E-state index in [4.69, 9.17) is 0 Å². The molecule has 2 aromatic carbocycles. The number of aromatic nitrogens is 3. The van der Waals surface area contributed by atoms with Crippen LogP contribution in [0.3, 0.4) is 0 Å². The Balaban J connectivity index is 1.23. The number of anilines is 2. The number of rotatable bonds is 4. The quantitative estimate of drug-likeness (QED) is 0.420. The van der Waals surface area contributed by atoms with Gasteiger partial charge in [0.1, 0.15) is 5.82 Å². The zero-order chi connectivity index (χ0) is 20.6. The number of pyridine rings is 2. The second kappa shape index (κ2) is 7.52. The van der Waals surface area contributed by atoms with Gasteiger partial charge in [-0.15, -0.1) is 0 Å². The first-order chi connectivity index (χ1) is 15.3. The van der Waals surface area contributed by atoms with E-state index < -0.39 is 0 Å². The Bertz CT molecular complexity index is 1390. The first kappa shape index (κ1) is 18.1. The fraction of sp³-hybridized carbons (Fsp3) is 0.154. The van der Waals surface area contributed by atoms with Crippen LogP contribution in [0.1, 0.15) is 16.7 Å². The molecular formula is C26H23N5. The average molecular weight is 406 g/mol. The number of aromatic amines is 1. The largest absolute Gasteiger partial charge is 0.361 e. The van der Waals surface area contributed by atoms with Gasteiger partial charge >= 0.3 is 0 Å². The van der Waals surface area contributed by atoms with Crippen molar-refractivity contribution in [1.29, 1.82) is 0 Å². The highest BCUT2D eigenvalue weighted by molar-refractivity contribution is 5.83. The summed E-state index contributed by atoms with van der Waals surface area (Å²) >= 11 is 0. The van der Waals surface area contributed by atoms with Gasteiger partial charge in [-0.3, -0.25) is 9.88 Å². The number of hydrogen-bond donors (Lipinski definition) is 2. The smallest absolute Gasteiger partial charge is 0.133 e. The standard InChI is InChI=1S/C26H23N5/c1-3-7-24-18(5-1)13-21(15-29-24)30-26-23-10-12-31(16-19(23)9-11-27-26)17-20-14-28-25-8-4-2-6-22(20)25/h1-9,11,13-15,28H,10,12,16-17H2,(H,27,30). The third kappa shape index (κ3) is 3.43. The van der Waals surface area contributed by atoms with Gasteiger partial charge in [-0.25, -0.2) is 4.98 Å². The zero-order valence-electron chi connectivity index (χ0n) is 17.2. The molecule has 0 saturated carbocycles. The minimum absolute atomic E-state index is 0.933. The molecule has 0 atom stereocenters. The molecule has 0 saturated heterocycles. The summed E-state index contributed by atoms with van der Waals surface area (Å²) in [5.74, 6) is 0.946. The van der Waals surface area contributed by atoms with Gasteiger partial charge in [0.2, 0.25) is 0 Å². The van der Waals surface area contributed by atoms with Crippen LogP contribution < -0.4 is 5.32 Å². The zero-order valence-corrected chi connectivity index (χ0v) is 17.2. The van der Waals surface area contributed by atoms with E-state index in [1.165, 1.54) is 27.6 Å². The summed E-state index contributed by atoms with van der Waals surface area (Å²) in [6.45, 7) is 2.90. The molecule has 5 nitrogen and oxygen atoms in total. The lowest BCUT2D eigenvalue weighted by molar-refractivity contribution is 0.246. The maximum atomic E-state index is 4.65. The van der Waals surface area contributed by atoms with E-state index in [1.54, 1.807) is 0 Å². The maximum absolute atomic E-state index is 4.65. The highest BCUT2D eigenvalue weighted by Gasteiger charge is 2.20. The van der Waals surface area contributed by atoms with Crippen molar-refractivity contribution < 1.29 is 0 Å². The molecule has 0 unspecified atom stereocenters. The molecular weight excluding hydrogens is 382 g/mol. The molecule has 0 spiro atoms. The number of nitrogens with zero attached hydrogens (tertiary/aromatic N) is 3. The Labute approximate surface area is 180 Å². The van der Waals surface area contributed by atoms with Crippen molar-refractivity contribution in [1.82, 2.24) is 19.9 Å². The summed E-state index contributed by atoms with van der Waals surface area (Å²) in [6.07, 6.45) is 6.92. The monoisotopic (exact) mass is 405 g/mol. The lowest BCUT2D eigenvalue weighted by Crippen LogP contribution is -2.30. The molecule has 0 fully saturated rings. The topological polar surface area (TPSA) is 56.8 Å². The summed E-state index contributed by atoms with van der Waals surface area (Å²) in [5.41, 5.74) is 7.19. The molecule has 3 aromatic heterocycles. The van der Waals surface area contributed by atoms with E-state index in [9.17, 15) is 0 Å². The number of fused-ring (bicyclic) bond motifs is 3. The Morgan fingerprint density at radius 1 is 1.00 bits per heavy atom. The molecule has 5 heteroatoms. The van der Waals surface area contributed by atoms with Gasteiger partial charge in [-0.1, -0.05) is 36.4 Å². The van der Waals surface area contributed by atoms with Gasteiger partial charge in [-0.2, -0.15) is 0 Å². The number of hydrogen-bond acceptors (Lipinski definition) is 4. The fourth-order valence-electron chi connectivity index (χ4n) is 4.57. The van der Waals surface area contributed by atoms with E-state index in [-0.39, 0.29) is 0 Å². The summed E-state index contributed by atoms with van der Waals surface area (Å²) in [6, 6.07) is 21.0. The van der Waals surface area contributed by atoms with Crippen LogP contribution in [0.5, 0.6) is 0 Å². The predicted molar refractivity (Wildman–Crippen MR) is 125 cm³/mol. The van der Waals surface area contributed by atoms with E-state index in [2.05, 4.69) is 73.8 Å². The molecule has 2 N–H and O–H groups in total. The van der Waals surface area contributed by atoms with Gasteiger partial charge in [0.05, 0.1) is 17.4 Å². The first-order valence-corrected chi connectivity index (χ1v) is 10.7. The Kier molecular flexibility index (Phi) is 4.39. The normalized spacial score (nSPS) is 14.1. The number of para-hydroxylation sites is 2. The van der Waals surface area contributed by atoms with Crippen molar-refractivity contribution in [3.8, 4) is 0 Å². The molecule has 31 heavy (non-hydrogen) atoms. The highest BCUT2D eigenvalue weighted by atomic mass is 15.1. The predicted octanol–water partition coefficient (Wildman–Crippen LogP) is 5.41. The lowest BCUT2D eigenvalue weighted by atomic mass is 10.00. The first-order valence-electron chi connectivity index (χ1n) is 10.7. The van der Waals surface area contributed by atoms with Gasteiger partial charge in [-0.05, 0) is 41.8 Å². The van der Waals surface area contributed by atoms with Crippen LogP contribution in [0.4, 0.5) is 11.5 Å². The van der Waals surface area contributed by atoms with Crippen molar-refractivity contribution in [3.05, 3.63) is 95.9 Å². The second-order valence-corrected chi connectivity index (χ2v) is 8.16. The third-order valence-electron chi connectivity index (χ3n) is 6.15. The van der Waals surface area contributed by atoms with Gasteiger partial charge < -0.3 is 10.3 Å². The summed E-state index contributed by atoms with van der Waals surface area (Å²) < 4.78 is 0. The Morgan fingerprint density at radius 2 is 1.90 bits per heavy atom. The van der Waals surface area contributed by atoms with E-state index >= 15 is 0 Å². The molecule has 1 aliphatic heterocycles. The van der Waals surface area contributed by atoms with E-state index in [0.717, 1.165) is 48.5 Å². The van der Waals surface area contributed by atoms with Crippen LogP contribution >= 0.6 is 0 Å². The van der Waals surface area contributed by atoms with Crippen molar-refractivity contribution in [2.24, 2.45) is 0 Å². The van der Waals surface area contributed by atoms with Crippen molar-refractivity contribution >= 4 is 33.3 Å². The van der Waals surface area contributed by atoms with Crippen LogP contribution in [0.2, 0.25) is 0 Å². The number of H-pyrrole nitrogens is 1. The molecule has 152 valence electrons. The van der Waals surface area contributed by atoms with Gasteiger partial charge in [0, 0.05) is 53.9 Å². The fourth-order valence-corrected chi connectivity index (χ4v) is 4.57. The van der Waals surface area contributed by atoms with Crippen LogP contribution in [0, 0.1) is 0 Å². The lowest BCUT2D eigenvalue weighted by Gasteiger charge is -2.29. The van der Waals surface area contributed by atoms with Crippen LogP contribution in [-0.4, -0.2) is 26.4 Å². The van der Waals surface area contributed by atoms with Crippen LogP contribution in [-0.2, 0) is 19.5 Å². The summed E-state index contributed by atoms with van der Waals surface area (Å²) in [5, 5.41) is 5.95. The van der Waals surface area contributed by atoms with Crippen LogP contribution in [0.15, 0.2) is 79.3 Å². The average Bonchev–Trinajstić information content (AvgIpc) is 3.22. The SMILES string of the molecule is c1ccc2ncc(Nc3nccc4c3CCN(Cc3c[nH]c5ccccc35)C4)cc2c1. The second-order valence-electron chi connectivity index (χ2n) is 8.16. The minimum Gasteiger partial charge on any atom is -0.361 e. The Hall–Kier alpha value is -3.70. The number of nitrogens with one attached hydrogen (secondary N) is 2. The third-order valence-corrected chi connectivity index (χ3v) is 6.15. The summed E-state index contributed by atoms with van der Waals surface area (Å²) in [7, 11) is 0. The van der Waals surface area contributed by atoms with Crippen molar-refractivity contribution in [2.45, 2.75) is 19.5 Å². The molecule has 4 heterocycles. The van der Waals surface area contributed by atoms with E-state index in [0.29, 0.717) is 0 Å². The molecule has 0 aliphatic carbocycles. The molecule has 0 bridgehead atoms. The molecule has 0 radical (unpaired) electrons. The van der Waals surface area contributed by atoms with E-state index in [1.807, 2.05) is 30.6 Å². The minimum atomic E-state index is 0.933. The molecule has 6 rings (SSSR count). The highest BCUT2D eigenvalue weighted by Crippen LogP contribution is 2.29. The Morgan fingerprint density at radius 3 is 2.90 bits per heavy atom. The number of benzene rings is 2. The van der Waals surface area contributed by atoms with Crippen molar-refractivity contribution in [3.63, 3.8) is 0 Å².